The smallest absolute Gasteiger partial charge is 0.123 e. The van der Waals surface area contributed by atoms with Crippen LogP contribution in [0, 0.1) is 6.92 Å². The van der Waals surface area contributed by atoms with Crippen LogP contribution < -0.4 is 10.1 Å². The highest BCUT2D eigenvalue weighted by atomic mass is 35.5. The largest absolute Gasteiger partial charge is 0.496 e. The van der Waals surface area contributed by atoms with Gasteiger partial charge >= 0.3 is 0 Å². The molecule has 2 aromatic rings. The summed E-state index contributed by atoms with van der Waals surface area (Å²) in [6.07, 6.45) is 4.28. The van der Waals surface area contributed by atoms with Gasteiger partial charge in [-0.2, -0.15) is 5.10 Å². The Kier molecular flexibility index (Phi) is 4.17. The summed E-state index contributed by atoms with van der Waals surface area (Å²) in [6.45, 7) is 3.54. The quantitative estimate of drug-likeness (QED) is 0.891. The van der Waals surface area contributed by atoms with Crippen molar-refractivity contribution in [3.8, 4) is 5.75 Å². The van der Waals surface area contributed by atoms with E-state index < -0.39 is 0 Å². The fourth-order valence-electron chi connectivity index (χ4n) is 2.36. The fourth-order valence-corrected chi connectivity index (χ4v) is 2.50. The number of ether oxygens (including phenoxy) is 1. The maximum atomic E-state index is 6.07. The SMILES string of the molecule is COc1ccc(CNC2CC2)cc1Cn1ncc(Cl)c1C. The Balaban J connectivity index is 1.80. The van der Waals surface area contributed by atoms with Crippen LogP contribution in [0.1, 0.15) is 29.7 Å². The summed E-state index contributed by atoms with van der Waals surface area (Å²) < 4.78 is 7.36. The van der Waals surface area contributed by atoms with Crippen molar-refractivity contribution in [2.75, 3.05) is 7.11 Å². The van der Waals surface area contributed by atoms with Gasteiger partial charge in [-0.05, 0) is 37.5 Å². The molecular formula is C16H20ClN3O. The van der Waals surface area contributed by atoms with Crippen molar-refractivity contribution in [2.45, 2.75) is 38.9 Å². The number of halogens is 1. The predicted molar refractivity (Wildman–Crippen MR) is 83.9 cm³/mol. The molecule has 3 rings (SSSR count). The van der Waals surface area contributed by atoms with Crippen LogP contribution in [0.4, 0.5) is 0 Å². The topological polar surface area (TPSA) is 39.1 Å². The summed E-state index contributed by atoms with van der Waals surface area (Å²) in [5.74, 6) is 0.885. The molecule has 0 amide bonds. The maximum Gasteiger partial charge on any atom is 0.123 e. The van der Waals surface area contributed by atoms with Crippen molar-refractivity contribution in [1.82, 2.24) is 15.1 Å². The van der Waals surface area contributed by atoms with E-state index in [0.29, 0.717) is 17.6 Å². The number of nitrogens with one attached hydrogen (secondary N) is 1. The first-order valence-corrected chi connectivity index (χ1v) is 7.62. The van der Waals surface area contributed by atoms with Gasteiger partial charge in [0.05, 0.1) is 30.6 Å². The van der Waals surface area contributed by atoms with Crippen LogP contribution in [0.3, 0.4) is 0 Å². The van der Waals surface area contributed by atoms with Gasteiger partial charge in [0, 0.05) is 18.2 Å². The van der Waals surface area contributed by atoms with E-state index in [9.17, 15) is 0 Å². The van der Waals surface area contributed by atoms with Gasteiger partial charge in [0.2, 0.25) is 0 Å². The molecule has 5 heteroatoms. The van der Waals surface area contributed by atoms with E-state index in [1.165, 1.54) is 18.4 Å². The van der Waals surface area contributed by atoms with Gasteiger partial charge < -0.3 is 10.1 Å². The number of aromatic nitrogens is 2. The molecule has 0 saturated heterocycles. The number of hydrogen-bond acceptors (Lipinski definition) is 3. The van der Waals surface area contributed by atoms with E-state index >= 15 is 0 Å². The van der Waals surface area contributed by atoms with Crippen molar-refractivity contribution in [3.63, 3.8) is 0 Å². The molecule has 1 aliphatic rings. The highest BCUT2D eigenvalue weighted by molar-refractivity contribution is 6.31. The van der Waals surface area contributed by atoms with E-state index in [-0.39, 0.29) is 0 Å². The molecule has 1 heterocycles. The summed E-state index contributed by atoms with van der Waals surface area (Å²) in [5.41, 5.74) is 3.37. The zero-order valence-electron chi connectivity index (χ0n) is 12.4. The van der Waals surface area contributed by atoms with Gasteiger partial charge in [-0.3, -0.25) is 4.68 Å². The molecule has 0 atom stereocenters. The van der Waals surface area contributed by atoms with E-state index in [1.807, 2.05) is 17.7 Å². The maximum absolute atomic E-state index is 6.07. The third-order valence-electron chi connectivity index (χ3n) is 3.88. The van der Waals surface area contributed by atoms with Crippen molar-refractivity contribution >= 4 is 11.6 Å². The van der Waals surface area contributed by atoms with E-state index in [0.717, 1.165) is 23.6 Å². The first-order valence-electron chi connectivity index (χ1n) is 7.24. The Bertz CT molecular complexity index is 634. The minimum absolute atomic E-state index is 0.666. The summed E-state index contributed by atoms with van der Waals surface area (Å²) in [5, 5.41) is 8.54. The van der Waals surface area contributed by atoms with Crippen LogP contribution in [0.15, 0.2) is 24.4 Å². The lowest BCUT2D eigenvalue weighted by atomic mass is 10.1. The van der Waals surface area contributed by atoms with Crippen LogP contribution in [0.25, 0.3) is 0 Å². The molecule has 21 heavy (non-hydrogen) atoms. The lowest BCUT2D eigenvalue weighted by Gasteiger charge is -2.12. The number of benzene rings is 1. The third-order valence-corrected chi connectivity index (χ3v) is 4.25. The average molecular weight is 306 g/mol. The highest BCUT2D eigenvalue weighted by Crippen LogP contribution is 2.24. The molecule has 0 bridgehead atoms. The van der Waals surface area contributed by atoms with E-state index in [4.69, 9.17) is 16.3 Å². The first-order chi connectivity index (χ1) is 10.2. The Hall–Kier alpha value is -1.52. The molecule has 4 nitrogen and oxygen atoms in total. The number of methoxy groups -OCH3 is 1. The van der Waals surface area contributed by atoms with Crippen molar-refractivity contribution in [2.24, 2.45) is 0 Å². The van der Waals surface area contributed by atoms with Crippen LogP contribution in [0.2, 0.25) is 5.02 Å². The normalized spacial score (nSPS) is 14.4. The van der Waals surface area contributed by atoms with E-state index in [2.05, 4.69) is 22.5 Å². The summed E-state index contributed by atoms with van der Waals surface area (Å²) in [7, 11) is 1.70. The minimum Gasteiger partial charge on any atom is -0.496 e. The second-order valence-electron chi connectivity index (χ2n) is 5.54. The van der Waals surface area contributed by atoms with Crippen LogP contribution >= 0.6 is 11.6 Å². The molecule has 112 valence electrons. The second kappa shape index (κ2) is 6.08. The Labute approximate surface area is 130 Å². The van der Waals surface area contributed by atoms with Gasteiger partial charge in [0.15, 0.2) is 0 Å². The van der Waals surface area contributed by atoms with Crippen molar-refractivity contribution < 1.29 is 4.74 Å². The van der Waals surface area contributed by atoms with Gasteiger partial charge in [-0.1, -0.05) is 17.7 Å². The van der Waals surface area contributed by atoms with Gasteiger partial charge in [0.1, 0.15) is 5.75 Å². The van der Waals surface area contributed by atoms with Crippen LogP contribution in [-0.2, 0) is 13.1 Å². The van der Waals surface area contributed by atoms with Crippen LogP contribution in [0.5, 0.6) is 5.75 Å². The Morgan fingerprint density at radius 3 is 2.86 bits per heavy atom. The monoisotopic (exact) mass is 305 g/mol. The zero-order chi connectivity index (χ0) is 14.8. The summed E-state index contributed by atoms with van der Waals surface area (Å²) in [4.78, 5) is 0. The molecule has 0 spiro atoms. The average Bonchev–Trinajstić information content (AvgIpc) is 3.27. The number of nitrogens with zero attached hydrogens (tertiary/aromatic N) is 2. The molecule has 1 fully saturated rings. The predicted octanol–water partition coefficient (Wildman–Crippen LogP) is 3.15. The van der Waals surface area contributed by atoms with Gasteiger partial charge in [-0.15, -0.1) is 0 Å². The fraction of sp³-hybridized carbons (Fsp3) is 0.438. The molecule has 0 aliphatic heterocycles. The Morgan fingerprint density at radius 2 is 2.24 bits per heavy atom. The second-order valence-corrected chi connectivity index (χ2v) is 5.94. The Morgan fingerprint density at radius 1 is 1.43 bits per heavy atom. The highest BCUT2D eigenvalue weighted by Gasteiger charge is 2.20. The molecule has 0 unspecified atom stereocenters. The summed E-state index contributed by atoms with van der Waals surface area (Å²) in [6, 6.07) is 7.03. The molecule has 1 N–H and O–H groups in total. The zero-order valence-corrected chi connectivity index (χ0v) is 13.2. The number of hydrogen-bond donors (Lipinski definition) is 1. The van der Waals surface area contributed by atoms with Crippen molar-refractivity contribution in [3.05, 3.63) is 46.2 Å². The third kappa shape index (κ3) is 3.39. The molecule has 1 saturated carbocycles. The molecule has 0 radical (unpaired) electrons. The minimum atomic E-state index is 0.666. The lowest BCUT2D eigenvalue weighted by Crippen LogP contribution is -2.15. The summed E-state index contributed by atoms with van der Waals surface area (Å²) >= 11 is 6.07. The molecular weight excluding hydrogens is 286 g/mol. The van der Waals surface area contributed by atoms with Gasteiger partial charge in [0.25, 0.3) is 0 Å². The molecule has 1 aromatic carbocycles. The van der Waals surface area contributed by atoms with Crippen molar-refractivity contribution in [1.29, 1.82) is 0 Å². The lowest BCUT2D eigenvalue weighted by molar-refractivity contribution is 0.407. The van der Waals surface area contributed by atoms with E-state index in [1.54, 1.807) is 13.3 Å². The van der Waals surface area contributed by atoms with Crippen LogP contribution in [-0.4, -0.2) is 22.9 Å². The van der Waals surface area contributed by atoms with Gasteiger partial charge in [-0.25, -0.2) is 0 Å². The number of rotatable bonds is 6. The standard InChI is InChI=1S/C16H20ClN3O/c1-11-15(17)9-19-20(11)10-13-7-12(3-6-16(13)21-2)8-18-14-4-5-14/h3,6-7,9,14,18H,4-5,8,10H2,1-2H3. The molecule has 1 aromatic heterocycles. The first kappa shape index (κ1) is 14.4. The molecule has 1 aliphatic carbocycles.